The van der Waals surface area contributed by atoms with E-state index in [2.05, 4.69) is 10.5 Å². The maximum absolute atomic E-state index is 5.42. The van der Waals surface area contributed by atoms with Gasteiger partial charge in [-0.25, -0.2) is 5.43 Å². The fourth-order valence-electron chi connectivity index (χ4n) is 1.35. The second-order valence-electron chi connectivity index (χ2n) is 2.90. The van der Waals surface area contributed by atoms with E-state index in [9.17, 15) is 0 Å². The molecule has 0 bridgehead atoms. The monoisotopic (exact) mass is 200 g/mol. The lowest BCUT2D eigenvalue weighted by Crippen LogP contribution is -2.32. The van der Waals surface area contributed by atoms with Crippen LogP contribution in [0.2, 0.25) is 0 Å². The fourth-order valence-corrected chi connectivity index (χ4v) is 1.35. The molecule has 0 saturated heterocycles. The molecular formula is C8H16N4O2. The molecule has 6 heteroatoms. The van der Waals surface area contributed by atoms with Crippen molar-refractivity contribution >= 4 is 0 Å². The zero-order chi connectivity index (χ0) is 10.6. The zero-order valence-corrected chi connectivity index (χ0v) is 8.65. The highest BCUT2D eigenvalue weighted by molar-refractivity contribution is 5.28. The molecule has 1 aromatic heterocycles. The first-order valence-corrected chi connectivity index (χ1v) is 4.25. The van der Waals surface area contributed by atoms with Crippen LogP contribution in [0.25, 0.3) is 0 Å². The summed E-state index contributed by atoms with van der Waals surface area (Å²) in [6.45, 7) is 0.465. The highest BCUT2D eigenvalue weighted by Crippen LogP contribution is 2.23. The Morgan fingerprint density at radius 2 is 2.36 bits per heavy atom. The molecule has 80 valence electrons. The van der Waals surface area contributed by atoms with Gasteiger partial charge in [-0.3, -0.25) is 10.5 Å². The van der Waals surface area contributed by atoms with Gasteiger partial charge in [-0.1, -0.05) is 0 Å². The molecule has 0 saturated carbocycles. The highest BCUT2D eigenvalue weighted by Gasteiger charge is 2.19. The number of hydrogen-bond acceptors (Lipinski definition) is 5. The molecule has 0 fully saturated rings. The van der Waals surface area contributed by atoms with Crippen LogP contribution >= 0.6 is 0 Å². The van der Waals surface area contributed by atoms with Crippen LogP contribution in [0.15, 0.2) is 6.20 Å². The van der Waals surface area contributed by atoms with Crippen molar-refractivity contribution in [3.63, 3.8) is 0 Å². The normalized spacial score (nSPS) is 12.9. The van der Waals surface area contributed by atoms with Crippen molar-refractivity contribution in [2.24, 2.45) is 12.9 Å². The second-order valence-corrected chi connectivity index (χ2v) is 2.90. The van der Waals surface area contributed by atoms with E-state index in [4.69, 9.17) is 15.3 Å². The lowest BCUT2D eigenvalue weighted by molar-refractivity contribution is 0.162. The van der Waals surface area contributed by atoms with Crippen molar-refractivity contribution in [3.05, 3.63) is 11.9 Å². The number of methoxy groups -OCH3 is 2. The van der Waals surface area contributed by atoms with Crippen LogP contribution in [0.4, 0.5) is 0 Å². The first-order chi connectivity index (χ1) is 6.74. The molecule has 14 heavy (non-hydrogen) atoms. The van der Waals surface area contributed by atoms with Crippen LogP contribution in [0.1, 0.15) is 11.7 Å². The van der Waals surface area contributed by atoms with Gasteiger partial charge < -0.3 is 9.47 Å². The summed E-state index contributed by atoms with van der Waals surface area (Å²) in [7, 11) is 5.05. The maximum atomic E-state index is 5.42. The van der Waals surface area contributed by atoms with Gasteiger partial charge in [0.25, 0.3) is 0 Å². The third kappa shape index (κ3) is 2.03. The average molecular weight is 200 g/mol. The summed E-state index contributed by atoms with van der Waals surface area (Å²) in [5, 5.41) is 4.08. The standard InChI is InChI=1S/C8H16N4O2/c1-12-8(6(11-9)5-13-2)7(14-3)4-10-12/h4,6,11H,5,9H2,1-3H3. The molecule has 0 spiro atoms. The van der Waals surface area contributed by atoms with Crippen molar-refractivity contribution < 1.29 is 9.47 Å². The molecule has 1 aromatic rings. The number of nitrogens with one attached hydrogen (secondary N) is 1. The molecule has 0 aliphatic heterocycles. The number of aryl methyl sites for hydroxylation is 1. The van der Waals surface area contributed by atoms with E-state index in [1.54, 1.807) is 25.1 Å². The fraction of sp³-hybridized carbons (Fsp3) is 0.625. The Morgan fingerprint density at radius 3 is 2.86 bits per heavy atom. The van der Waals surface area contributed by atoms with Gasteiger partial charge in [0.15, 0.2) is 5.75 Å². The second kappa shape index (κ2) is 4.94. The largest absolute Gasteiger partial charge is 0.493 e. The van der Waals surface area contributed by atoms with Crippen molar-refractivity contribution in [2.75, 3.05) is 20.8 Å². The van der Waals surface area contributed by atoms with E-state index in [0.29, 0.717) is 12.4 Å². The number of ether oxygens (including phenoxy) is 2. The first-order valence-electron chi connectivity index (χ1n) is 4.25. The maximum Gasteiger partial charge on any atom is 0.161 e. The number of rotatable bonds is 5. The van der Waals surface area contributed by atoms with E-state index >= 15 is 0 Å². The van der Waals surface area contributed by atoms with Crippen LogP contribution < -0.4 is 16.0 Å². The summed E-state index contributed by atoms with van der Waals surface area (Å²) in [6.07, 6.45) is 1.65. The Morgan fingerprint density at radius 1 is 1.64 bits per heavy atom. The van der Waals surface area contributed by atoms with Crippen LogP contribution in [0, 0.1) is 0 Å². The van der Waals surface area contributed by atoms with Gasteiger partial charge in [0.05, 0.1) is 26.0 Å². The Hall–Kier alpha value is -1.11. The molecule has 0 aliphatic carbocycles. The van der Waals surface area contributed by atoms with Crippen LogP contribution in [-0.2, 0) is 11.8 Å². The minimum atomic E-state index is -0.123. The highest BCUT2D eigenvalue weighted by atomic mass is 16.5. The molecule has 6 nitrogen and oxygen atoms in total. The predicted octanol–water partition coefficient (Wildman–Crippen LogP) is -0.420. The number of hydrogen-bond donors (Lipinski definition) is 2. The molecule has 1 rings (SSSR count). The summed E-state index contributed by atoms with van der Waals surface area (Å²) >= 11 is 0. The minimum absolute atomic E-state index is 0.123. The van der Waals surface area contributed by atoms with E-state index < -0.39 is 0 Å². The lowest BCUT2D eigenvalue weighted by Gasteiger charge is -2.16. The molecule has 0 aromatic carbocycles. The van der Waals surface area contributed by atoms with Gasteiger partial charge in [-0.2, -0.15) is 5.10 Å². The quantitative estimate of drug-likeness (QED) is 0.499. The Labute approximate surface area is 83.0 Å². The van der Waals surface area contributed by atoms with Crippen molar-refractivity contribution in [3.8, 4) is 5.75 Å². The Bertz CT molecular complexity index is 287. The SMILES string of the molecule is COCC(NN)c1c(OC)cnn1C. The molecule has 1 unspecified atom stereocenters. The first kappa shape index (κ1) is 11.0. The molecular weight excluding hydrogens is 184 g/mol. The molecule has 0 amide bonds. The minimum Gasteiger partial charge on any atom is -0.493 e. The van der Waals surface area contributed by atoms with Crippen molar-refractivity contribution in [1.29, 1.82) is 0 Å². The van der Waals surface area contributed by atoms with Crippen LogP contribution in [-0.4, -0.2) is 30.6 Å². The topological polar surface area (TPSA) is 74.3 Å². The number of nitrogens with zero attached hydrogens (tertiary/aromatic N) is 2. The van der Waals surface area contributed by atoms with Crippen LogP contribution in [0.3, 0.4) is 0 Å². The Balaban J connectivity index is 2.94. The molecule has 1 atom stereocenters. The van der Waals surface area contributed by atoms with Crippen molar-refractivity contribution in [1.82, 2.24) is 15.2 Å². The Kier molecular flexibility index (Phi) is 3.87. The number of hydrazine groups is 1. The third-order valence-corrected chi connectivity index (χ3v) is 2.03. The van der Waals surface area contributed by atoms with E-state index in [-0.39, 0.29) is 6.04 Å². The number of nitrogens with two attached hydrogens (primary N) is 1. The zero-order valence-electron chi connectivity index (χ0n) is 8.65. The number of aromatic nitrogens is 2. The summed E-state index contributed by atoms with van der Waals surface area (Å²) in [5.41, 5.74) is 3.53. The molecule has 0 radical (unpaired) electrons. The van der Waals surface area contributed by atoms with Gasteiger partial charge in [0, 0.05) is 14.2 Å². The van der Waals surface area contributed by atoms with E-state index in [0.717, 1.165) is 5.69 Å². The van der Waals surface area contributed by atoms with Gasteiger partial charge in [0.2, 0.25) is 0 Å². The van der Waals surface area contributed by atoms with Gasteiger partial charge in [-0.05, 0) is 0 Å². The molecule has 0 aliphatic rings. The smallest absolute Gasteiger partial charge is 0.161 e. The summed E-state index contributed by atoms with van der Waals surface area (Å²) in [6, 6.07) is -0.123. The van der Waals surface area contributed by atoms with E-state index in [1.165, 1.54) is 0 Å². The summed E-state index contributed by atoms with van der Waals surface area (Å²) in [4.78, 5) is 0. The van der Waals surface area contributed by atoms with Gasteiger partial charge in [-0.15, -0.1) is 0 Å². The predicted molar refractivity (Wildman–Crippen MR) is 51.7 cm³/mol. The lowest BCUT2D eigenvalue weighted by atomic mass is 10.2. The van der Waals surface area contributed by atoms with Crippen molar-refractivity contribution in [2.45, 2.75) is 6.04 Å². The molecule has 3 N–H and O–H groups in total. The van der Waals surface area contributed by atoms with Gasteiger partial charge >= 0.3 is 0 Å². The van der Waals surface area contributed by atoms with Crippen LogP contribution in [0.5, 0.6) is 5.75 Å². The van der Waals surface area contributed by atoms with E-state index in [1.807, 2.05) is 7.05 Å². The average Bonchev–Trinajstić information content (AvgIpc) is 2.56. The summed E-state index contributed by atoms with van der Waals surface area (Å²) < 4.78 is 11.9. The summed E-state index contributed by atoms with van der Waals surface area (Å²) in [5.74, 6) is 6.12. The van der Waals surface area contributed by atoms with Gasteiger partial charge in [0.1, 0.15) is 5.69 Å². The third-order valence-electron chi connectivity index (χ3n) is 2.03. The molecule has 1 heterocycles.